The fourth-order valence-electron chi connectivity index (χ4n) is 2.36. The molecule has 2 aromatic rings. The quantitative estimate of drug-likeness (QED) is 0.590. The smallest absolute Gasteiger partial charge is 0.408 e. The van der Waals surface area contributed by atoms with Crippen LogP contribution in [0.3, 0.4) is 0 Å². The number of aromatic nitrogens is 4. The van der Waals surface area contributed by atoms with Gasteiger partial charge in [-0.2, -0.15) is 5.21 Å². The maximum Gasteiger partial charge on any atom is 0.408 e. The summed E-state index contributed by atoms with van der Waals surface area (Å²) in [5.74, 6) is -0.605. The van der Waals surface area contributed by atoms with Gasteiger partial charge >= 0.3 is 12.1 Å². The fraction of sp³-hybridized carbons (Fsp3) is 0.444. The number of benzene rings is 1. The summed E-state index contributed by atoms with van der Waals surface area (Å²) < 4.78 is 9.82. The zero-order valence-electron chi connectivity index (χ0n) is 16.7. The first-order valence-corrected chi connectivity index (χ1v) is 8.89. The lowest BCUT2D eigenvalue weighted by Gasteiger charge is -2.22. The fourth-order valence-corrected chi connectivity index (χ4v) is 2.36. The summed E-state index contributed by atoms with van der Waals surface area (Å²) in [6.07, 6.45) is -0.745. The van der Waals surface area contributed by atoms with E-state index in [2.05, 4.69) is 36.0 Å². The number of H-pyrrole nitrogens is 1. The molecule has 0 bridgehead atoms. The van der Waals surface area contributed by atoms with Gasteiger partial charge in [0.25, 0.3) is 0 Å². The molecule has 29 heavy (non-hydrogen) atoms. The van der Waals surface area contributed by atoms with Crippen LogP contribution in [0.1, 0.15) is 33.6 Å². The van der Waals surface area contributed by atoms with Crippen molar-refractivity contribution in [3.05, 3.63) is 24.3 Å². The van der Waals surface area contributed by atoms with Crippen molar-refractivity contribution in [2.45, 2.75) is 45.3 Å². The van der Waals surface area contributed by atoms with Gasteiger partial charge in [0.15, 0.2) is 0 Å². The third-order valence-corrected chi connectivity index (χ3v) is 3.59. The molecule has 0 fully saturated rings. The molecule has 0 aliphatic carbocycles. The molecular formula is C18H24N6O5. The summed E-state index contributed by atoms with van der Waals surface area (Å²) in [6.45, 7) is 5.11. The van der Waals surface area contributed by atoms with E-state index >= 15 is 0 Å². The van der Waals surface area contributed by atoms with Gasteiger partial charge in [0, 0.05) is 17.7 Å². The Morgan fingerprint density at radius 1 is 1.24 bits per heavy atom. The molecule has 0 unspecified atom stereocenters. The molecule has 0 aliphatic heterocycles. The first-order chi connectivity index (χ1) is 13.7. The van der Waals surface area contributed by atoms with E-state index in [0.29, 0.717) is 17.1 Å². The van der Waals surface area contributed by atoms with Crippen molar-refractivity contribution in [2.24, 2.45) is 0 Å². The minimum absolute atomic E-state index is 0.0258. The number of ether oxygens (including phenoxy) is 2. The lowest BCUT2D eigenvalue weighted by molar-refractivity contribution is -0.143. The summed E-state index contributed by atoms with van der Waals surface area (Å²) in [5, 5.41) is 18.8. The number of carbonyl (C=O) groups is 3. The van der Waals surface area contributed by atoms with Gasteiger partial charge in [0.2, 0.25) is 11.7 Å². The van der Waals surface area contributed by atoms with Crippen LogP contribution in [0, 0.1) is 0 Å². The van der Waals surface area contributed by atoms with Gasteiger partial charge in [-0.1, -0.05) is 12.1 Å². The minimum atomic E-state index is -1.01. The largest absolute Gasteiger partial charge is 0.467 e. The van der Waals surface area contributed by atoms with Crippen molar-refractivity contribution in [3.8, 4) is 11.4 Å². The predicted octanol–water partition coefficient (Wildman–Crippen LogP) is 1.65. The Kier molecular flexibility index (Phi) is 7.23. The van der Waals surface area contributed by atoms with E-state index in [1.165, 1.54) is 7.11 Å². The number of hydrogen-bond acceptors (Lipinski definition) is 8. The van der Waals surface area contributed by atoms with Crippen molar-refractivity contribution in [3.63, 3.8) is 0 Å². The van der Waals surface area contributed by atoms with E-state index in [1.807, 2.05) is 0 Å². The number of anilines is 1. The van der Waals surface area contributed by atoms with Crippen LogP contribution in [0.5, 0.6) is 0 Å². The summed E-state index contributed by atoms with van der Waals surface area (Å²) >= 11 is 0. The second-order valence-corrected chi connectivity index (χ2v) is 7.13. The van der Waals surface area contributed by atoms with Crippen LogP contribution in [0.15, 0.2) is 24.3 Å². The van der Waals surface area contributed by atoms with E-state index in [4.69, 9.17) is 4.74 Å². The Labute approximate surface area is 167 Å². The number of rotatable bonds is 7. The summed E-state index contributed by atoms with van der Waals surface area (Å²) in [7, 11) is 1.20. The van der Waals surface area contributed by atoms with Crippen LogP contribution in [-0.4, -0.2) is 57.3 Å². The summed E-state index contributed by atoms with van der Waals surface area (Å²) in [4.78, 5) is 36.1. The average molecular weight is 404 g/mol. The normalized spacial score (nSPS) is 12.0. The Balaban J connectivity index is 1.93. The number of hydrogen-bond donors (Lipinski definition) is 3. The molecule has 2 amide bonds. The molecule has 156 valence electrons. The number of nitrogens with zero attached hydrogens (tertiary/aromatic N) is 3. The number of alkyl carbamates (subject to hydrolysis) is 1. The Hall–Kier alpha value is -3.50. The highest BCUT2D eigenvalue weighted by Crippen LogP contribution is 2.18. The predicted molar refractivity (Wildman–Crippen MR) is 103 cm³/mol. The molecule has 1 aromatic heterocycles. The molecule has 3 N–H and O–H groups in total. The number of methoxy groups -OCH3 is 1. The van der Waals surface area contributed by atoms with Crippen LogP contribution >= 0.6 is 0 Å². The van der Waals surface area contributed by atoms with Crippen LogP contribution < -0.4 is 10.6 Å². The van der Waals surface area contributed by atoms with Gasteiger partial charge in [-0.15, -0.1) is 10.2 Å². The topological polar surface area (TPSA) is 148 Å². The third kappa shape index (κ3) is 7.20. The van der Waals surface area contributed by atoms with Gasteiger partial charge in [-0.25, -0.2) is 9.59 Å². The number of esters is 1. The van der Waals surface area contributed by atoms with Crippen molar-refractivity contribution in [1.82, 2.24) is 25.9 Å². The van der Waals surface area contributed by atoms with Gasteiger partial charge in [0.05, 0.1) is 7.11 Å². The second-order valence-electron chi connectivity index (χ2n) is 7.13. The highest BCUT2D eigenvalue weighted by atomic mass is 16.6. The number of nitrogens with one attached hydrogen (secondary N) is 3. The third-order valence-electron chi connectivity index (χ3n) is 3.59. The van der Waals surface area contributed by atoms with E-state index in [1.54, 1.807) is 45.0 Å². The van der Waals surface area contributed by atoms with Crippen LogP contribution in [0.2, 0.25) is 0 Å². The van der Waals surface area contributed by atoms with E-state index in [0.717, 1.165) is 0 Å². The Morgan fingerprint density at radius 3 is 2.62 bits per heavy atom. The molecule has 0 saturated heterocycles. The van der Waals surface area contributed by atoms with Crippen LogP contribution in [0.4, 0.5) is 10.5 Å². The second kappa shape index (κ2) is 9.62. The maximum atomic E-state index is 12.3. The summed E-state index contributed by atoms with van der Waals surface area (Å²) in [6, 6.07) is 5.91. The lowest BCUT2D eigenvalue weighted by atomic mass is 10.1. The van der Waals surface area contributed by atoms with Crippen LogP contribution in [-0.2, 0) is 19.1 Å². The Bertz CT molecular complexity index is 847. The molecule has 1 atom stereocenters. The molecule has 0 saturated carbocycles. The molecule has 0 radical (unpaired) electrons. The SMILES string of the molecule is COC(=O)[C@H](CCC(=O)Nc1cccc(-c2nn[nH]n2)c1)NC(=O)OC(C)(C)C. The van der Waals surface area contributed by atoms with Gasteiger partial charge < -0.3 is 20.1 Å². The number of tetrazole rings is 1. The van der Waals surface area contributed by atoms with E-state index in [-0.39, 0.29) is 18.7 Å². The molecule has 1 aromatic carbocycles. The van der Waals surface area contributed by atoms with Crippen molar-refractivity contribution in [1.29, 1.82) is 0 Å². The van der Waals surface area contributed by atoms with Crippen molar-refractivity contribution in [2.75, 3.05) is 12.4 Å². The van der Waals surface area contributed by atoms with Gasteiger partial charge in [-0.05, 0) is 44.5 Å². The number of amides is 2. The molecule has 11 nitrogen and oxygen atoms in total. The minimum Gasteiger partial charge on any atom is -0.467 e. The maximum absolute atomic E-state index is 12.3. The van der Waals surface area contributed by atoms with E-state index in [9.17, 15) is 14.4 Å². The molecule has 0 spiro atoms. The van der Waals surface area contributed by atoms with Crippen LogP contribution in [0.25, 0.3) is 11.4 Å². The van der Waals surface area contributed by atoms with Gasteiger partial charge in [-0.3, -0.25) is 4.79 Å². The highest BCUT2D eigenvalue weighted by Gasteiger charge is 2.25. The zero-order chi connectivity index (χ0) is 21.4. The first-order valence-electron chi connectivity index (χ1n) is 8.89. The molecule has 2 rings (SSSR count). The number of aromatic amines is 1. The standard InChI is InChI=1S/C18H24N6O5/c1-18(2,3)29-17(27)20-13(16(26)28-4)8-9-14(25)19-12-7-5-6-11(10-12)15-21-23-24-22-15/h5-7,10,13H,8-9H2,1-4H3,(H,19,25)(H,20,27)(H,21,22,23,24)/t13-/m0/s1. The zero-order valence-corrected chi connectivity index (χ0v) is 16.7. The van der Waals surface area contributed by atoms with Crippen molar-refractivity contribution >= 4 is 23.7 Å². The Morgan fingerprint density at radius 2 is 2.00 bits per heavy atom. The average Bonchev–Trinajstić information content (AvgIpc) is 3.18. The molecule has 1 heterocycles. The number of carbonyl (C=O) groups excluding carboxylic acids is 3. The summed E-state index contributed by atoms with van der Waals surface area (Å²) in [5.41, 5.74) is 0.494. The lowest BCUT2D eigenvalue weighted by Crippen LogP contribution is -2.44. The van der Waals surface area contributed by atoms with E-state index < -0.39 is 23.7 Å². The molecule has 11 heteroatoms. The van der Waals surface area contributed by atoms with Crippen molar-refractivity contribution < 1.29 is 23.9 Å². The van der Waals surface area contributed by atoms with Gasteiger partial charge in [0.1, 0.15) is 11.6 Å². The molecular weight excluding hydrogens is 380 g/mol. The molecule has 0 aliphatic rings. The monoisotopic (exact) mass is 404 g/mol. The first kappa shape index (κ1) is 21.8. The highest BCUT2D eigenvalue weighted by molar-refractivity contribution is 5.92.